The minimum absolute atomic E-state index is 0.470. The predicted octanol–water partition coefficient (Wildman–Crippen LogP) is 2.16. The molecule has 0 saturated carbocycles. The molecule has 5 nitrogen and oxygen atoms in total. The van der Waals surface area contributed by atoms with Crippen molar-refractivity contribution >= 4 is 0 Å². The number of likely N-dealkylation sites (tertiary alicyclic amines) is 1. The van der Waals surface area contributed by atoms with Gasteiger partial charge in [-0.15, -0.1) is 0 Å². The molecule has 1 fully saturated rings. The Morgan fingerprint density at radius 3 is 2.75 bits per heavy atom. The van der Waals surface area contributed by atoms with E-state index in [0.29, 0.717) is 6.04 Å². The summed E-state index contributed by atoms with van der Waals surface area (Å²) in [5.74, 6) is 1.93. The molecule has 2 heterocycles. The Bertz CT molecular complexity index is 564. The van der Waals surface area contributed by atoms with Crippen LogP contribution >= 0.6 is 0 Å². The Morgan fingerprint density at radius 2 is 2.10 bits per heavy atom. The van der Waals surface area contributed by atoms with Crippen molar-refractivity contribution in [3.05, 3.63) is 42.0 Å². The maximum atomic E-state index is 5.22. The van der Waals surface area contributed by atoms with Crippen LogP contribution in [0, 0.1) is 0 Å². The van der Waals surface area contributed by atoms with Crippen molar-refractivity contribution in [3.63, 3.8) is 0 Å². The lowest BCUT2D eigenvalue weighted by molar-refractivity contribution is 0.238. The summed E-state index contributed by atoms with van der Waals surface area (Å²) < 4.78 is 7.08. The fourth-order valence-electron chi connectivity index (χ4n) is 2.86. The molecule has 1 aromatic carbocycles. The van der Waals surface area contributed by atoms with E-state index in [9.17, 15) is 0 Å². The number of aromatic nitrogens is 3. The SMILES string of the molecule is COc1ccc([C@H]2CCCN2Cc2ncnn2C)cc1. The average Bonchev–Trinajstić information content (AvgIpc) is 3.09. The van der Waals surface area contributed by atoms with Gasteiger partial charge in [0.1, 0.15) is 17.9 Å². The van der Waals surface area contributed by atoms with E-state index in [4.69, 9.17) is 4.74 Å². The largest absolute Gasteiger partial charge is 0.497 e. The van der Waals surface area contributed by atoms with Crippen molar-refractivity contribution in [1.29, 1.82) is 0 Å². The lowest BCUT2D eigenvalue weighted by Crippen LogP contribution is -2.24. The summed E-state index contributed by atoms with van der Waals surface area (Å²) in [6.45, 7) is 1.97. The van der Waals surface area contributed by atoms with Crippen molar-refractivity contribution in [2.75, 3.05) is 13.7 Å². The molecular formula is C15H20N4O. The molecule has 3 rings (SSSR count). The molecule has 1 saturated heterocycles. The molecule has 106 valence electrons. The van der Waals surface area contributed by atoms with Gasteiger partial charge in [0.15, 0.2) is 0 Å². The highest BCUT2D eigenvalue weighted by Crippen LogP contribution is 2.33. The lowest BCUT2D eigenvalue weighted by atomic mass is 10.0. The van der Waals surface area contributed by atoms with Crippen LogP contribution in [0.4, 0.5) is 0 Å². The summed E-state index contributed by atoms with van der Waals surface area (Å²) >= 11 is 0. The fraction of sp³-hybridized carbons (Fsp3) is 0.467. The normalized spacial score (nSPS) is 19.4. The summed E-state index contributed by atoms with van der Waals surface area (Å²) in [6.07, 6.45) is 4.05. The number of methoxy groups -OCH3 is 1. The second-order valence-electron chi connectivity index (χ2n) is 5.20. The van der Waals surface area contributed by atoms with Crippen molar-refractivity contribution < 1.29 is 4.74 Å². The molecule has 1 aliphatic heterocycles. The number of hydrogen-bond donors (Lipinski definition) is 0. The van der Waals surface area contributed by atoms with Crippen LogP contribution in [-0.4, -0.2) is 33.3 Å². The molecule has 0 N–H and O–H groups in total. The Morgan fingerprint density at radius 1 is 1.30 bits per heavy atom. The van der Waals surface area contributed by atoms with E-state index < -0.39 is 0 Å². The Balaban J connectivity index is 1.76. The molecule has 20 heavy (non-hydrogen) atoms. The van der Waals surface area contributed by atoms with Gasteiger partial charge in [0.2, 0.25) is 0 Å². The first kappa shape index (κ1) is 13.1. The van der Waals surface area contributed by atoms with E-state index in [2.05, 4.69) is 27.1 Å². The van der Waals surface area contributed by atoms with E-state index in [0.717, 1.165) is 24.7 Å². The molecule has 0 unspecified atom stereocenters. The number of aryl methyl sites for hydroxylation is 1. The zero-order valence-electron chi connectivity index (χ0n) is 12.0. The number of nitrogens with zero attached hydrogens (tertiary/aromatic N) is 4. The minimum Gasteiger partial charge on any atom is -0.497 e. The van der Waals surface area contributed by atoms with E-state index in [-0.39, 0.29) is 0 Å². The van der Waals surface area contributed by atoms with Crippen molar-refractivity contribution in [1.82, 2.24) is 19.7 Å². The third-order valence-electron chi connectivity index (χ3n) is 4.01. The summed E-state index contributed by atoms with van der Waals surface area (Å²) in [4.78, 5) is 6.80. The van der Waals surface area contributed by atoms with Crippen LogP contribution < -0.4 is 4.74 Å². The maximum absolute atomic E-state index is 5.22. The monoisotopic (exact) mass is 272 g/mol. The second-order valence-corrected chi connectivity index (χ2v) is 5.20. The molecule has 0 amide bonds. The molecular weight excluding hydrogens is 252 g/mol. The van der Waals surface area contributed by atoms with Crippen LogP contribution in [-0.2, 0) is 13.6 Å². The van der Waals surface area contributed by atoms with Crippen LogP contribution in [0.1, 0.15) is 30.3 Å². The zero-order chi connectivity index (χ0) is 13.9. The first-order valence-electron chi connectivity index (χ1n) is 6.99. The lowest BCUT2D eigenvalue weighted by Gasteiger charge is -2.24. The van der Waals surface area contributed by atoms with Crippen LogP contribution in [0.2, 0.25) is 0 Å². The minimum atomic E-state index is 0.470. The van der Waals surface area contributed by atoms with E-state index >= 15 is 0 Å². The highest BCUT2D eigenvalue weighted by Gasteiger charge is 2.26. The van der Waals surface area contributed by atoms with Crippen molar-refractivity contribution in [3.8, 4) is 5.75 Å². The van der Waals surface area contributed by atoms with Gasteiger partial charge in [0, 0.05) is 13.1 Å². The van der Waals surface area contributed by atoms with Gasteiger partial charge in [-0.1, -0.05) is 12.1 Å². The van der Waals surface area contributed by atoms with Gasteiger partial charge in [-0.2, -0.15) is 5.10 Å². The van der Waals surface area contributed by atoms with Gasteiger partial charge in [-0.3, -0.25) is 9.58 Å². The summed E-state index contributed by atoms with van der Waals surface area (Å²) in [5.41, 5.74) is 1.35. The van der Waals surface area contributed by atoms with Crippen LogP contribution in [0.5, 0.6) is 5.75 Å². The van der Waals surface area contributed by atoms with E-state index in [1.165, 1.54) is 18.4 Å². The summed E-state index contributed by atoms with van der Waals surface area (Å²) in [7, 11) is 3.64. The third kappa shape index (κ3) is 2.54. The summed E-state index contributed by atoms with van der Waals surface area (Å²) in [5, 5.41) is 4.14. The van der Waals surface area contributed by atoms with Crippen LogP contribution in [0.15, 0.2) is 30.6 Å². The number of rotatable bonds is 4. The first-order valence-corrected chi connectivity index (χ1v) is 6.99. The number of benzene rings is 1. The molecule has 0 radical (unpaired) electrons. The molecule has 2 aromatic rings. The Kier molecular flexibility index (Phi) is 3.69. The zero-order valence-corrected chi connectivity index (χ0v) is 12.0. The molecule has 1 atom stereocenters. The van der Waals surface area contributed by atoms with Crippen molar-refractivity contribution in [2.45, 2.75) is 25.4 Å². The van der Waals surface area contributed by atoms with Gasteiger partial charge in [-0.05, 0) is 37.1 Å². The van der Waals surface area contributed by atoms with Gasteiger partial charge in [0.05, 0.1) is 13.7 Å². The fourth-order valence-corrected chi connectivity index (χ4v) is 2.86. The Labute approximate surface area is 119 Å². The maximum Gasteiger partial charge on any atom is 0.140 e. The predicted molar refractivity (Wildman–Crippen MR) is 76.4 cm³/mol. The average molecular weight is 272 g/mol. The van der Waals surface area contributed by atoms with Gasteiger partial charge in [0.25, 0.3) is 0 Å². The van der Waals surface area contributed by atoms with Gasteiger partial charge >= 0.3 is 0 Å². The van der Waals surface area contributed by atoms with E-state index in [1.807, 2.05) is 23.9 Å². The van der Waals surface area contributed by atoms with E-state index in [1.54, 1.807) is 13.4 Å². The Hall–Kier alpha value is -1.88. The molecule has 5 heteroatoms. The molecule has 0 aliphatic carbocycles. The molecule has 1 aromatic heterocycles. The molecule has 1 aliphatic rings. The smallest absolute Gasteiger partial charge is 0.140 e. The number of hydrogen-bond acceptors (Lipinski definition) is 4. The third-order valence-corrected chi connectivity index (χ3v) is 4.01. The quantitative estimate of drug-likeness (QED) is 0.855. The molecule has 0 spiro atoms. The topological polar surface area (TPSA) is 43.2 Å². The second kappa shape index (κ2) is 5.63. The number of ether oxygens (including phenoxy) is 1. The van der Waals surface area contributed by atoms with Crippen LogP contribution in [0.25, 0.3) is 0 Å². The highest BCUT2D eigenvalue weighted by atomic mass is 16.5. The first-order chi connectivity index (χ1) is 9.78. The summed E-state index contributed by atoms with van der Waals surface area (Å²) in [6, 6.07) is 8.87. The van der Waals surface area contributed by atoms with Gasteiger partial charge in [-0.25, -0.2) is 4.98 Å². The highest BCUT2D eigenvalue weighted by molar-refractivity contribution is 5.29. The molecule has 0 bridgehead atoms. The van der Waals surface area contributed by atoms with Crippen LogP contribution in [0.3, 0.4) is 0 Å². The standard InChI is InChI=1S/C15H20N4O/c1-18-15(16-11-17-18)10-19-9-3-4-14(19)12-5-7-13(20-2)8-6-12/h5-8,11,14H,3-4,9-10H2,1-2H3/t14-/m1/s1. The van der Waals surface area contributed by atoms with Crippen molar-refractivity contribution in [2.24, 2.45) is 7.05 Å². The van der Waals surface area contributed by atoms with Gasteiger partial charge < -0.3 is 4.74 Å².